The highest BCUT2D eigenvalue weighted by Crippen LogP contribution is 2.31. The number of nitrogens with zero attached hydrogens (tertiary/aromatic N) is 2. The van der Waals surface area contributed by atoms with Crippen LogP contribution in [0.4, 0.5) is 10.5 Å². The van der Waals surface area contributed by atoms with Gasteiger partial charge in [0.05, 0.1) is 24.9 Å². The summed E-state index contributed by atoms with van der Waals surface area (Å²) in [5.41, 5.74) is 5.16. The van der Waals surface area contributed by atoms with Crippen LogP contribution in [-0.4, -0.2) is 24.2 Å². The van der Waals surface area contributed by atoms with Crippen molar-refractivity contribution in [3.63, 3.8) is 0 Å². The summed E-state index contributed by atoms with van der Waals surface area (Å²) in [6.45, 7) is 2.33. The van der Waals surface area contributed by atoms with Gasteiger partial charge in [0.15, 0.2) is 0 Å². The topological polar surface area (TPSA) is 68.7 Å². The number of pyridine rings is 1. The number of esters is 1. The van der Waals surface area contributed by atoms with E-state index in [4.69, 9.17) is 9.47 Å². The van der Waals surface area contributed by atoms with Gasteiger partial charge in [0.2, 0.25) is 0 Å². The van der Waals surface area contributed by atoms with Crippen LogP contribution >= 0.6 is 0 Å². The van der Waals surface area contributed by atoms with Crippen LogP contribution in [0.1, 0.15) is 27.2 Å². The second kappa shape index (κ2) is 11.1. The Morgan fingerprint density at radius 2 is 1.63 bits per heavy atom. The van der Waals surface area contributed by atoms with E-state index in [1.807, 2.05) is 85.8 Å². The highest BCUT2D eigenvalue weighted by molar-refractivity contribution is 5.98. The molecule has 4 rings (SSSR count). The minimum absolute atomic E-state index is 0.155. The van der Waals surface area contributed by atoms with Gasteiger partial charge in [-0.05, 0) is 59.5 Å². The van der Waals surface area contributed by atoms with Gasteiger partial charge in [-0.25, -0.2) is 9.59 Å². The molecule has 35 heavy (non-hydrogen) atoms. The zero-order valence-corrected chi connectivity index (χ0v) is 19.7. The van der Waals surface area contributed by atoms with E-state index < -0.39 is 12.1 Å². The Morgan fingerprint density at radius 3 is 2.37 bits per heavy atom. The smallest absolute Gasteiger partial charge is 0.414 e. The SMILES string of the molecule is COC(=O)c1ccccc1-c1cc(C)cc(N(Cc2ccccn2)C(=O)OCc2ccccc2)c1. The molecule has 0 saturated carbocycles. The van der Waals surface area contributed by atoms with Gasteiger partial charge in [0.1, 0.15) is 6.61 Å². The van der Waals surface area contributed by atoms with Crippen molar-refractivity contribution in [2.24, 2.45) is 0 Å². The Hall–Kier alpha value is -4.45. The number of carbonyl (C=O) groups is 2. The molecule has 6 nitrogen and oxygen atoms in total. The molecule has 0 spiro atoms. The molecule has 6 heteroatoms. The van der Waals surface area contributed by atoms with Gasteiger partial charge in [-0.15, -0.1) is 0 Å². The van der Waals surface area contributed by atoms with E-state index >= 15 is 0 Å². The van der Waals surface area contributed by atoms with Gasteiger partial charge in [-0.1, -0.05) is 60.7 Å². The van der Waals surface area contributed by atoms with Crippen molar-refractivity contribution in [2.75, 3.05) is 12.0 Å². The summed E-state index contributed by atoms with van der Waals surface area (Å²) in [7, 11) is 1.36. The first-order chi connectivity index (χ1) is 17.0. The predicted molar refractivity (Wildman–Crippen MR) is 135 cm³/mol. The minimum Gasteiger partial charge on any atom is -0.465 e. The normalized spacial score (nSPS) is 10.5. The van der Waals surface area contributed by atoms with E-state index in [2.05, 4.69) is 4.98 Å². The van der Waals surface area contributed by atoms with Gasteiger partial charge < -0.3 is 9.47 Å². The fourth-order valence-corrected chi connectivity index (χ4v) is 3.81. The number of aromatic nitrogens is 1. The molecule has 0 atom stereocenters. The lowest BCUT2D eigenvalue weighted by atomic mass is 9.97. The molecule has 0 aliphatic heterocycles. The lowest BCUT2D eigenvalue weighted by Gasteiger charge is -2.23. The first-order valence-corrected chi connectivity index (χ1v) is 11.2. The third kappa shape index (κ3) is 5.92. The van der Waals surface area contributed by atoms with Crippen molar-refractivity contribution in [1.29, 1.82) is 0 Å². The molecule has 4 aromatic rings. The maximum absolute atomic E-state index is 13.3. The summed E-state index contributed by atoms with van der Waals surface area (Å²) in [5, 5.41) is 0. The van der Waals surface area contributed by atoms with Crippen LogP contribution in [0.2, 0.25) is 0 Å². The number of methoxy groups -OCH3 is 1. The third-order valence-corrected chi connectivity index (χ3v) is 5.49. The lowest BCUT2D eigenvalue weighted by molar-refractivity contribution is 0.0601. The number of anilines is 1. The van der Waals surface area contributed by atoms with Crippen molar-refractivity contribution < 1.29 is 19.1 Å². The highest BCUT2D eigenvalue weighted by Gasteiger charge is 2.21. The second-order valence-electron chi connectivity index (χ2n) is 8.04. The second-order valence-corrected chi connectivity index (χ2v) is 8.04. The van der Waals surface area contributed by atoms with Crippen molar-refractivity contribution in [3.8, 4) is 11.1 Å². The van der Waals surface area contributed by atoms with Crippen molar-refractivity contribution >= 4 is 17.7 Å². The Bertz CT molecular complexity index is 1310. The molecule has 176 valence electrons. The molecule has 0 aliphatic rings. The Balaban J connectivity index is 1.71. The summed E-state index contributed by atoms with van der Waals surface area (Å²) < 4.78 is 10.6. The van der Waals surface area contributed by atoms with Crippen molar-refractivity contribution in [2.45, 2.75) is 20.1 Å². The average Bonchev–Trinajstić information content (AvgIpc) is 2.90. The predicted octanol–water partition coefficient (Wildman–Crippen LogP) is 6.19. The molecule has 1 heterocycles. The molecule has 0 N–H and O–H groups in total. The van der Waals surface area contributed by atoms with Crippen LogP contribution in [0.25, 0.3) is 11.1 Å². The van der Waals surface area contributed by atoms with E-state index in [0.29, 0.717) is 11.3 Å². The quantitative estimate of drug-likeness (QED) is 0.304. The minimum atomic E-state index is -0.489. The molecular weight excluding hydrogens is 440 g/mol. The van der Waals surface area contributed by atoms with Crippen LogP contribution in [0.15, 0.2) is 97.2 Å². The number of benzene rings is 3. The maximum atomic E-state index is 13.3. The molecule has 0 saturated heterocycles. The first kappa shape index (κ1) is 23.7. The Kier molecular flexibility index (Phi) is 7.53. The van der Waals surface area contributed by atoms with Crippen molar-refractivity contribution in [3.05, 3.63) is 120 Å². The molecule has 0 aliphatic carbocycles. The molecule has 1 amide bonds. The van der Waals surface area contributed by atoms with Crippen LogP contribution in [-0.2, 0) is 22.6 Å². The fraction of sp³-hybridized carbons (Fsp3) is 0.138. The summed E-state index contributed by atoms with van der Waals surface area (Å²) in [4.78, 5) is 31.6. The van der Waals surface area contributed by atoms with E-state index in [1.54, 1.807) is 23.2 Å². The van der Waals surface area contributed by atoms with Crippen LogP contribution in [0.5, 0.6) is 0 Å². The summed E-state index contributed by atoms with van der Waals surface area (Å²) >= 11 is 0. The molecule has 0 radical (unpaired) electrons. The molecule has 3 aromatic carbocycles. The standard InChI is InChI=1S/C29H26N2O4/c1-21-16-23(26-13-6-7-14-27(26)28(32)34-2)18-25(17-21)31(19-24-12-8-9-15-30-24)29(33)35-20-22-10-4-3-5-11-22/h3-18H,19-20H2,1-2H3. The fourth-order valence-electron chi connectivity index (χ4n) is 3.81. The van der Waals surface area contributed by atoms with E-state index in [1.165, 1.54) is 7.11 Å². The highest BCUT2D eigenvalue weighted by atomic mass is 16.6. The van der Waals surface area contributed by atoms with Crippen LogP contribution in [0, 0.1) is 6.92 Å². The number of aryl methyl sites for hydroxylation is 1. The first-order valence-electron chi connectivity index (χ1n) is 11.2. The summed E-state index contributed by atoms with van der Waals surface area (Å²) in [6, 6.07) is 28.1. The molecule has 0 bridgehead atoms. The number of hydrogen-bond donors (Lipinski definition) is 0. The molecule has 0 fully saturated rings. The van der Waals surface area contributed by atoms with Gasteiger partial charge in [0, 0.05) is 11.9 Å². The molecular formula is C29H26N2O4. The zero-order valence-electron chi connectivity index (χ0n) is 19.7. The van der Waals surface area contributed by atoms with Gasteiger partial charge >= 0.3 is 12.1 Å². The monoisotopic (exact) mass is 466 g/mol. The van der Waals surface area contributed by atoms with Crippen LogP contribution in [0.3, 0.4) is 0 Å². The number of ether oxygens (including phenoxy) is 2. The summed E-state index contributed by atoms with van der Waals surface area (Å²) in [5.74, 6) is -0.420. The number of amides is 1. The maximum Gasteiger partial charge on any atom is 0.414 e. The van der Waals surface area contributed by atoms with E-state index in [-0.39, 0.29) is 13.2 Å². The van der Waals surface area contributed by atoms with E-state index in [9.17, 15) is 9.59 Å². The Morgan fingerprint density at radius 1 is 0.886 bits per heavy atom. The van der Waals surface area contributed by atoms with Crippen LogP contribution < -0.4 is 4.90 Å². The third-order valence-electron chi connectivity index (χ3n) is 5.49. The van der Waals surface area contributed by atoms with Gasteiger partial charge in [-0.3, -0.25) is 9.88 Å². The zero-order chi connectivity index (χ0) is 24.6. The molecule has 1 aromatic heterocycles. The largest absolute Gasteiger partial charge is 0.465 e. The molecule has 0 unspecified atom stereocenters. The number of carbonyl (C=O) groups excluding carboxylic acids is 2. The van der Waals surface area contributed by atoms with Gasteiger partial charge in [-0.2, -0.15) is 0 Å². The lowest BCUT2D eigenvalue weighted by Crippen LogP contribution is -2.31. The van der Waals surface area contributed by atoms with Gasteiger partial charge in [0.25, 0.3) is 0 Å². The van der Waals surface area contributed by atoms with E-state index in [0.717, 1.165) is 27.9 Å². The number of hydrogen-bond acceptors (Lipinski definition) is 5. The number of rotatable bonds is 7. The summed E-state index contributed by atoms with van der Waals surface area (Å²) in [6.07, 6.45) is 1.20. The van der Waals surface area contributed by atoms with Crippen molar-refractivity contribution in [1.82, 2.24) is 4.98 Å². The average molecular weight is 467 g/mol. The Labute approximate surface area is 204 Å².